The number of halogens is 1. The number of hydrogen-bond donors (Lipinski definition) is 3. The summed E-state index contributed by atoms with van der Waals surface area (Å²) in [6.45, 7) is 7.63. The van der Waals surface area contributed by atoms with Gasteiger partial charge in [-0.3, -0.25) is 9.59 Å². The van der Waals surface area contributed by atoms with Crippen molar-refractivity contribution in [3.63, 3.8) is 0 Å². The first-order valence-corrected chi connectivity index (χ1v) is 16.0. The molecule has 6 rings (SSSR count). The van der Waals surface area contributed by atoms with Crippen molar-refractivity contribution in [2.75, 3.05) is 50.1 Å². The lowest BCUT2D eigenvalue weighted by molar-refractivity contribution is -0.122. The summed E-state index contributed by atoms with van der Waals surface area (Å²) in [4.78, 5) is 36.4. The van der Waals surface area contributed by atoms with Gasteiger partial charge >= 0.3 is 0 Å². The predicted octanol–water partition coefficient (Wildman–Crippen LogP) is 4.41. The van der Waals surface area contributed by atoms with Gasteiger partial charge in [-0.05, 0) is 82.1 Å². The maximum absolute atomic E-state index is 13.1. The highest BCUT2D eigenvalue weighted by Gasteiger charge is 2.41. The van der Waals surface area contributed by atoms with Crippen molar-refractivity contribution in [2.24, 2.45) is 5.41 Å². The third kappa shape index (κ3) is 6.50. The van der Waals surface area contributed by atoms with Crippen LogP contribution in [0.5, 0.6) is 5.75 Å². The van der Waals surface area contributed by atoms with E-state index in [-0.39, 0.29) is 36.0 Å². The molecule has 1 aromatic carbocycles. The van der Waals surface area contributed by atoms with Gasteiger partial charge in [0.05, 0.1) is 23.9 Å². The second-order valence-electron chi connectivity index (χ2n) is 12.6. The van der Waals surface area contributed by atoms with Gasteiger partial charge in [0, 0.05) is 50.3 Å². The van der Waals surface area contributed by atoms with Crippen LogP contribution in [0.25, 0.3) is 10.9 Å². The second kappa shape index (κ2) is 12.9. The lowest BCUT2D eigenvalue weighted by atomic mass is 9.69. The number of nitrogens with one attached hydrogen (secondary N) is 3. The Morgan fingerprint density at radius 3 is 2.52 bits per heavy atom. The van der Waals surface area contributed by atoms with Crippen LogP contribution >= 0.6 is 11.6 Å². The normalized spacial score (nSPS) is 18.9. The van der Waals surface area contributed by atoms with Gasteiger partial charge < -0.3 is 34.9 Å². The summed E-state index contributed by atoms with van der Waals surface area (Å²) in [5.41, 5.74) is 1.77. The van der Waals surface area contributed by atoms with Crippen LogP contribution in [0.2, 0.25) is 5.02 Å². The fraction of sp³-hybridized carbons (Fsp3) is 0.562. The Kier molecular flexibility index (Phi) is 8.98. The largest absolute Gasteiger partial charge is 0.478 e. The summed E-state index contributed by atoms with van der Waals surface area (Å²) in [6, 6.07) is 7.25. The molecule has 4 heterocycles. The molecule has 12 heteroatoms. The van der Waals surface area contributed by atoms with Crippen molar-refractivity contribution < 1.29 is 14.3 Å². The minimum absolute atomic E-state index is 0.111. The predicted molar refractivity (Wildman–Crippen MR) is 172 cm³/mol. The van der Waals surface area contributed by atoms with Gasteiger partial charge in [0.1, 0.15) is 5.02 Å². The molecule has 0 bridgehead atoms. The van der Waals surface area contributed by atoms with Gasteiger partial charge in [-0.15, -0.1) is 0 Å². The van der Waals surface area contributed by atoms with Crippen LogP contribution in [0.15, 0.2) is 35.3 Å². The molecule has 3 aromatic rings. The number of ether oxygens (including phenoxy) is 2. The van der Waals surface area contributed by atoms with Crippen molar-refractivity contribution in [2.45, 2.75) is 70.6 Å². The van der Waals surface area contributed by atoms with Crippen LogP contribution in [0.4, 0.5) is 17.5 Å². The summed E-state index contributed by atoms with van der Waals surface area (Å²) >= 11 is 6.53. The monoisotopic (exact) mass is 623 g/mol. The molecule has 3 N–H and O–H groups in total. The highest BCUT2D eigenvalue weighted by Crippen LogP contribution is 2.41. The van der Waals surface area contributed by atoms with Crippen LogP contribution < -0.4 is 31.1 Å². The number of fused-ring (bicyclic) bond motifs is 1. The molecular formula is C32H42ClN7O4. The van der Waals surface area contributed by atoms with Crippen LogP contribution in [-0.2, 0) is 9.53 Å². The van der Waals surface area contributed by atoms with Crippen LogP contribution in [0.1, 0.15) is 58.4 Å². The summed E-state index contributed by atoms with van der Waals surface area (Å²) in [6.07, 6.45) is 9.09. The molecule has 1 amide bonds. The van der Waals surface area contributed by atoms with E-state index >= 15 is 0 Å². The smallest absolute Gasteiger partial charge is 0.293 e. The van der Waals surface area contributed by atoms with Crippen molar-refractivity contribution in [1.29, 1.82) is 0 Å². The lowest BCUT2D eigenvalue weighted by Crippen LogP contribution is -2.55. The number of nitrogens with zero attached hydrogens (tertiary/aromatic N) is 4. The van der Waals surface area contributed by atoms with E-state index in [4.69, 9.17) is 26.1 Å². The highest BCUT2D eigenvalue weighted by molar-refractivity contribution is 6.32. The molecule has 1 aliphatic carbocycles. The maximum atomic E-state index is 13.1. The molecule has 2 saturated heterocycles. The van der Waals surface area contributed by atoms with Gasteiger partial charge in [0.25, 0.3) is 11.5 Å². The number of benzene rings is 1. The Hall–Kier alpha value is -3.41. The highest BCUT2D eigenvalue weighted by atomic mass is 35.5. The first-order chi connectivity index (χ1) is 21.2. The summed E-state index contributed by atoms with van der Waals surface area (Å²) < 4.78 is 13.8. The molecule has 1 saturated carbocycles. The number of carbonyl (C=O) groups excluding carboxylic acids is 1. The van der Waals surface area contributed by atoms with E-state index in [9.17, 15) is 9.59 Å². The molecule has 44 heavy (non-hydrogen) atoms. The molecule has 1 spiro atoms. The van der Waals surface area contributed by atoms with Crippen molar-refractivity contribution in [3.05, 3.63) is 45.8 Å². The second-order valence-corrected chi connectivity index (χ2v) is 13.0. The molecule has 3 fully saturated rings. The van der Waals surface area contributed by atoms with Gasteiger partial charge in [0.15, 0.2) is 18.2 Å². The number of rotatable bonds is 9. The van der Waals surface area contributed by atoms with Crippen molar-refractivity contribution >= 4 is 45.9 Å². The Bertz CT molecular complexity index is 1560. The molecular weight excluding hydrogens is 582 g/mol. The summed E-state index contributed by atoms with van der Waals surface area (Å²) in [5.74, 6) is 0.937. The summed E-state index contributed by atoms with van der Waals surface area (Å²) in [5, 5.41) is 10.5. The van der Waals surface area contributed by atoms with E-state index in [1.165, 1.54) is 45.8 Å². The number of piperidine rings is 1. The quantitative estimate of drug-likeness (QED) is 0.318. The molecule has 11 nitrogen and oxygen atoms in total. The Morgan fingerprint density at radius 1 is 1.14 bits per heavy atom. The number of anilines is 3. The SMILES string of the molecule is CNC(=O)COc1cc2cc(Nc3nc(N4CCC(OC5CCC6(CC5)CNC6)CC4)ncc3Cl)ccc2n(C(C)C)c1=O. The van der Waals surface area contributed by atoms with Gasteiger partial charge in [-0.25, -0.2) is 4.98 Å². The zero-order valence-electron chi connectivity index (χ0n) is 25.7. The van der Waals surface area contributed by atoms with Crippen molar-refractivity contribution in [1.82, 2.24) is 25.2 Å². The molecule has 0 atom stereocenters. The standard InChI is InChI=1S/C32H42ClN7O4/c1-20(2)40-26-5-4-22(14-21(26)15-27(30(40)42)43-17-28(41)34-3)37-29-25(33)16-36-31(38-29)39-12-8-24(9-13-39)44-23-6-10-32(11-7-23)18-35-19-32/h4-5,14-16,20,23-24,35H,6-13,17-19H2,1-3H3,(H,34,41)(H,36,37,38). The van der Waals surface area contributed by atoms with Gasteiger partial charge in [-0.2, -0.15) is 4.98 Å². The zero-order chi connectivity index (χ0) is 30.8. The molecule has 2 aliphatic heterocycles. The van der Waals surface area contributed by atoms with E-state index in [0.717, 1.165) is 42.5 Å². The number of carbonyl (C=O) groups is 1. The Balaban J connectivity index is 1.13. The van der Waals surface area contributed by atoms with E-state index in [1.807, 2.05) is 32.0 Å². The van der Waals surface area contributed by atoms with Crippen LogP contribution in [-0.4, -0.2) is 72.5 Å². The average Bonchev–Trinajstić information content (AvgIpc) is 3.01. The third-order valence-electron chi connectivity index (χ3n) is 9.25. The first-order valence-electron chi connectivity index (χ1n) is 15.7. The lowest BCUT2D eigenvalue weighted by Gasteiger charge is -2.48. The average molecular weight is 624 g/mol. The van der Waals surface area contributed by atoms with E-state index in [0.29, 0.717) is 28.3 Å². The van der Waals surface area contributed by atoms with Crippen LogP contribution in [0, 0.1) is 5.41 Å². The van der Waals surface area contributed by atoms with E-state index in [2.05, 4.69) is 25.8 Å². The van der Waals surface area contributed by atoms with Crippen molar-refractivity contribution in [3.8, 4) is 5.75 Å². The summed E-state index contributed by atoms with van der Waals surface area (Å²) in [7, 11) is 1.52. The van der Waals surface area contributed by atoms with Gasteiger partial charge in [-0.1, -0.05) is 11.6 Å². The maximum Gasteiger partial charge on any atom is 0.293 e. The topological polar surface area (TPSA) is 123 Å². The van der Waals surface area contributed by atoms with Gasteiger partial charge in [0.2, 0.25) is 5.95 Å². The molecule has 3 aliphatic rings. The third-order valence-corrected chi connectivity index (χ3v) is 9.53. The first kappa shape index (κ1) is 30.6. The fourth-order valence-corrected chi connectivity index (χ4v) is 6.74. The molecule has 2 aromatic heterocycles. The number of aromatic nitrogens is 3. The fourth-order valence-electron chi connectivity index (χ4n) is 6.60. The number of pyridine rings is 1. The molecule has 236 valence electrons. The van der Waals surface area contributed by atoms with E-state index < -0.39 is 0 Å². The minimum atomic E-state index is -0.314. The zero-order valence-corrected chi connectivity index (χ0v) is 26.5. The minimum Gasteiger partial charge on any atom is -0.478 e. The number of likely N-dealkylation sites (N-methyl/N-ethyl adjacent to an activating group) is 1. The Labute approximate surface area is 262 Å². The molecule has 0 radical (unpaired) electrons. The van der Waals surface area contributed by atoms with E-state index in [1.54, 1.807) is 16.8 Å². The van der Waals surface area contributed by atoms with Crippen LogP contribution in [0.3, 0.4) is 0 Å². The Morgan fingerprint density at radius 2 is 1.86 bits per heavy atom. The molecule has 0 unspecified atom stereocenters. The number of hydrogen-bond acceptors (Lipinski definition) is 9. The number of amides is 1.